The minimum Gasteiger partial charge on any atom is -0.497 e. The van der Waals surface area contributed by atoms with Crippen LogP contribution in [0.25, 0.3) is 0 Å². The van der Waals surface area contributed by atoms with Crippen LogP contribution in [-0.2, 0) is 5.75 Å². The number of methoxy groups -OCH3 is 1. The molecule has 0 saturated heterocycles. The third-order valence-electron chi connectivity index (χ3n) is 2.13. The second-order valence-electron chi connectivity index (χ2n) is 3.91. The number of hydrogen-bond donors (Lipinski definition) is 0. The fraction of sp³-hybridized carbons (Fsp3) is 0.583. The van der Waals surface area contributed by atoms with Gasteiger partial charge in [0.15, 0.2) is 0 Å². The molecule has 1 atom stereocenters. The summed E-state index contributed by atoms with van der Waals surface area (Å²) in [6.45, 7) is 4.14. The largest absolute Gasteiger partial charge is 0.497 e. The summed E-state index contributed by atoms with van der Waals surface area (Å²) < 4.78 is 5.21. The van der Waals surface area contributed by atoms with Gasteiger partial charge in [0.05, 0.1) is 12.8 Å². The zero-order chi connectivity index (χ0) is 12.0. The van der Waals surface area contributed by atoms with E-state index >= 15 is 0 Å². The average Bonchev–Trinajstić information content (AvgIpc) is 2.28. The Morgan fingerprint density at radius 1 is 1.50 bits per heavy atom. The van der Waals surface area contributed by atoms with Crippen LogP contribution in [0.5, 0.6) is 5.75 Å². The smallest absolute Gasteiger partial charge is 0.122 e. The minimum absolute atomic E-state index is 0.554. The van der Waals surface area contributed by atoms with Crippen molar-refractivity contribution in [1.29, 1.82) is 0 Å². The molecule has 0 amide bonds. The zero-order valence-corrected chi connectivity index (χ0v) is 11.6. The van der Waals surface area contributed by atoms with Crippen molar-refractivity contribution in [2.75, 3.05) is 18.7 Å². The molecule has 0 N–H and O–H groups in total. The number of aromatic nitrogens is 1. The van der Waals surface area contributed by atoms with Gasteiger partial charge in [-0.3, -0.25) is 4.98 Å². The predicted octanol–water partition coefficient (Wildman–Crippen LogP) is 3.51. The molecule has 2 nitrogen and oxygen atoms in total. The standard InChI is InChI=1S/C12H18ClNOS/c1-9(6-13)7-16-8-11-5-12(15-3)4-10(2)14-11/h4-5,9H,6-8H2,1-3H3. The lowest BCUT2D eigenvalue weighted by atomic mass is 10.3. The Morgan fingerprint density at radius 2 is 2.25 bits per heavy atom. The van der Waals surface area contributed by atoms with E-state index < -0.39 is 0 Å². The molecule has 90 valence electrons. The van der Waals surface area contributed by atoms with E-state index in [1.165, 1.54) is 0 Å². The van der Waals surface area contributed by atoms with E-state index in [0.29, 0.717) is 5.92 Å². The summed E-state index contributed by atoms with van der Waals surface area (Å²) in [7, 11) is 1.68. The first-order chi connectivity index (χ1) is 7.65. The number of aryl methyl sites for hydroxylation is 1. The van der Waals surface area contributed by atoms with Crippen LogP contribution in [0.15, 0.2) is 12.1 Å². The van der Waals surface area contributed by atoms with Crippen LogP contribution in [0.2, 0.25) is 0 Å². The van der Waals surface area contributed by atoms with Crippen molar-refractivity contribution in [2.45, 2.75) is 19.6 Å². The van der Waals surface area contributed by atoms with Gasteiger partial charge in [-0.1, -0.05) is 6.92 Å². The lowest BCUT2D eigenvalue weighted by Crippen LogP contribution is -2.00. The molecule has 0 bridgehead atoms. The second-order valence-corrected chi connectivity index (χ2v) is 5.25. The molecule has 0 aromatic carbocycles. The predicted molar refractivity (Wildman–Crippen MR) is 71.6 cm³/mol. The van der Waals surface area contributed by atoms with Gasteiger partial charge in [0.1, 0.15) is 5.75 Å². The number of thioether (sulfide) groups is 1. The first kappa shape index (κ1) is 13.7. The summed E-state index contributed by atoms with van der Waals surface area (Å²) in [5, 5.41) is 0. The third-order valence-corrected chi connectivity index (χ3v) is 3.96. The topological polar surface area (TPSA) is 22.1 Å². The molecular weight excluding hydrogens is 242 g/mol. The highest BCUT2D eigenvalue weighted by Gasteiger charge is 2.03. The van der Waals surface area contributed by atoms with Crippen LogP contribution < -0.4 is 4.74 Å². The van der Waals surface area contributed by atoms with Crippen LogP contribution in [0, 0.1) is 12.8 Å². The Hall–Kier alpha value is -0.410. The summed E-state index contributed by atoms with van der Waals surface area (Å²) in [4.78, 5) is 4.47. The maximum absolute atomic E-state index is 5.76. The number of halogens is 1. The Morgan fingerprint density at radius 3 is 2.88 bits per heavy atom. The summed E-state index contributed by atoms with van der Waals surface area (Å²) in [5.74, 6) is 4.14. The van der Waals surface area contributed by atoms with Gasteiger partial charge in [0, 0.05) is 29.5 Å². The average molecular weight is 260 g/mol. The fourth-order valence-electron chi connectivity index (χ4n) is 1.30. The van der Waals surface area contributed by atoms with E-state index in [2.05, 4.69) is 11.9 Å². The van der Waals surface area contributed by atoms with E-state index in [1.54, 1.807) is 7.11 Å². The number of rotatable bonds is 6. The van der Waals surface area contributed by atoms with Crippen molar-refractivity contribution in [3.63, 3.8) is 0 Å². The zero-order valence-electron chi connectivity index (χ0n) is 10.00. The quantitative estimate of drug-likeness (QED) is 0.730. The molecule has 1 aromatic rings. The lowest BCUT2D eigenvalue weighted by molar-refractivity contribution is 0.413. The molecule has 1 rings (SSSR count). The van der Waals surface area contributed by atoms with Gasteiger partial charge in [-0.05, 0) is 18.6 Å². The molecule has 1 unspecified atom stereocenters. The van der Waals surface area contributed by atoms with Crippen LogP contribution in [-0.4, -0.2) is 23.7 Å². The summed E-state index contributed by atoms with van der Waals surface area (Å²) in [6, 6.07) is 3.93. The van der Waals surface area contributed by atoms with Crippen LogP contribution in [0.4, 0.5) is 0 Å². The highest BCUT2D eigenvalue weighted by atomic mass is 35.5. The molecule has 1 heterocycles. The molecule has 4 heteroatoms. The van der Waals surface area contributed by atoms with Crippen molar-refractivity contribution in [2.24, 2.45) is 5.92 Å². The third kappa shape index (κ3) is 4.62. The molecule has 0 spiro atoms. The molecule has 1 aromatic heterocycles. The van der Waals surface area contributed by atoms with E-state index in [9.17, 15) is 0 Å². The van der Waals surface area contributed by atoms with E-state index in [1.807, 2.05) is 30.8 Å². The summed E-state index contributed by atoms with van der Waals surface area (Å²) in [6.07, 6.45) is 0. The van der Waals surface area contributed by atoms with Crippen LogP contribution in [0.1, 0.15) is 18.3 Å². The Labute approximate surface area is 107 Å². The van der Waals surface area contributed by atoms with Crippen molar-refractivity contribution in [1.82, 2.24) is 4.98 Å². The highest BCUT2D eigenvalue weighted by Crippen LogP contribution is 2.19. The van der Waals surface area contributed by atoms with Gasteiger partial charge in [-0.2, -0.15) is 11.8 Å². The highest BCUT2D eigenvalue weighted by molar-refractivity contribution is 7.98. The Kier molecular flexibility index (Phi) is 5.99. The number of hydrogen-bond acceptors (Lipinski definition) is 3. The number of alkyl halides is 1. The maximum Gasteiger partial charge on any atom is 0.122 e. The number of ether oxygens (including phenoxy) is 1. The molecule has 0 aliphatic carbocycles. The normalized spacial score (nSPS) is 12.5. The van der Waals surface area contributed by atoms with Crippen molar-refractivity contribution in [3.05, 3.63) is 23.5 Å². The molecule has 0 aliphatic heterocycles. The van der Waals surface area contributed by atoms with Gasteiger partial charge in [0.25, 0.3) is 0 Å². The van der Waals surface area contributed by atoms with Crippen molar-refractivity contribution in [3.8, 4) is 5.75 Å². The summed E-state index contributed by atoms with van der Waals surface area (Å²) in [5.41, 5.74) is 2.07. The molecule has 0 fully saturated rings. The SMILES string of the molecule is COc1cc(C)nc(CSCC(C)CCl)c1. The fourth-order valence-corrected chi connectivity index (χ4v) is 2.54. The van der Waals surface area contributed by atoms with E-state index in [4.69, 9.17) is 16.3 Å². The molecule has 0 aliphatic rings. The molecule has 0 saturated carbocycles. The van der Waals surface area contributed by atoms with Gasteiger partial charge < -0.3 is 4.74 Å². The number of pyridine rings is 1. The van der Waals surface area contributed by atoms with Gasteiger partial charge in [-0.15, -0.1) is 11.6 Å². The second kappa shape index (κ2) is 7.02. The Bertz CT molecular complexity index is 333. The van der Waals surface area contributed by atoms with E-state index in [-0.39, 0.29) is 0 Å². The summed E-state index contributed by atoms with van der Waals surface area (Å²) >= 11 is 7.62. The van der Waals surface area contributed by atoms with Gasteiger partial charge in [0.2, 0.25) is 0 Å². The monoisotopic (exact) mass is 259 g/mol. The van der Waals surface area contributed by atoms with Crippen molar-refractivity contribution < 1.29 is 4.74 Å². The van der Waals surface area contributed by atoms with Gasteiger partial charge >= 0.3 is 0 Å². The molecular formula is C12H18ClNOS. The Balaban J connectivity index is 2.50. The van der Waals surface area contributed by atoms with Gasteiger partial charge in [-0.25, -0.2) is 0 Å². The van der Waals surface area contributed by atoms with Crippen LogP contribution >= 0.6 is 23.4 Å². The first-order valence-corrected chi connectivity index (χ1v) is 7.00. The number of nitrogens with zero attached hydrogens (tertiary/aromatic N) is 1. The molecule has 16 heavy (non-hydrogen) atoms. The first-order valence-electron chi connectivity index (χ1n) is 5.31. The lowest BCUT2D eigenvalue weighted by Gasteiger charge is -2.08. The maximum atomic E-state index is 5.76. The minimum atomic E-state index is 0.554. The van der Waals surface area contributed by atoms with Crippen molar-refractivity contribution >= 4 is 23.4 Å². The van der Waals surface area contributed by atoms with E-state index in [0.717, 1.165) is 34.5 Å². The molecule has 0 radical (unpaired) electrons. The van der Waals surface area contributed by atoms with Crippen LogP contribution in [0.3, 0.4) is 0 Å².